The Kier molecular flexibility index (Phi) is 6.65. The van der Waals surface area contributed by atoms with Crippen LogP contribution in [0.1, 0.15) is 5.56 Å². The van der Waals surface area contributed by atoms with Gasteiger partial charge in [0.15, 0.2) is 11.5 Å². The first-order valence-corrected chi connectivity index (χ1v) is 11.8. The highest BCUT2D eigenvalue weighted by Gasteiger charge is 2.28. The van der Waals surface area contributed by atoms with Gasteiger partial charge in [-0.2, -0.15) is 4.98 Å². The standard InChI is InChI=1S/C25H24N2O5S/c1-30-21-14-13-18(17-22(21)31-2)15-16-26-24-25(33(28,29)20-11-7-4-8-12-20)27-23(32-24)19-9-5-3-6-10-19/h3-14,17,26H,15-16H2,1-2H3. The summed E-state index contributed by atoms with van der Waals surface area (Å²) in [5.74, 6) is 1.62. The van der Waals surface area contributed by atoms with Crippen LogP contribution in [-0.4, -0.2) is 34.2 Å². The van der Waals surface area contributed by atoms with E-state index in [0.29, 0.717) is 30.0 Å². The molecule has 1 aromatic heterocycles. The molecule has 0 radical (unpaired) electrons. The lowest BCUT2D eigenvalue weighted by Crippen LogP contribution is -2.10. The molecule has 0 fully saturated rings. The topological polar surface area (TPSA) is 90.7 Å². The number of sulfone groups is 1. The molecule has 3 aromatic carbocycles. The van der Waals surface area contributed by atoms with Crippen molar-refractivity contribution in [3.8, 4) is 23.0 Å². The largest absolute Gasteiger partial charge is 0.493 e. The number of aromatic nitrogens is 1. The zero-order valence-electron chi connectivity index (χ0n) is 18.3. The molecule has 0 amide bonds. The van der Waals surface area contributed by atoms with E-state index in [2.05, 4.69) is 10.3 Å². The Labute approximate surface area is 192 Å². The van der Waals surface area contributed by atoms with E-state index in [1.54, 1.807) is 44.6 Å². The van der Waals surface area contributed by atoms with E-state index in [-0.39, 0.29) is 21.7 Å². The Morgan fingerprint density at radius 3 is 2.21 bits per heavy atom. The summed E-state index contributed by atoms with van der Waals surface area (Å²) >= 11 is 0. The lowest BCUT2D eigenvalue weighted by atomic mass is 10.1. The molecule has 0 saturated carbocycles. The van der Waals surface area contributed by atoms with Crippen molar-refractivity contribution in [2.24, 2.45) is 0 Å². The first-order valence-electron chi connectivity index (χ1n) is 10.3. The summed E-state index contributed by atoms with van der Waals surface area (Å²) in [5.41, 5.74) is 1.69. The van der Waals surface area contributed by atoms with Crippen molar-refractivity contribution in [3.05, 3.63) is 84.4 Å². The van der Waals surface area contributed by atoms with Crippen LogP contribution in [0.2, 0.25) is 0 Å². The maximum atomic E-state index is 13.3. The molecule has 4 rings (SSSR count). The summed E-state index contributed by atoms with van der Waals surface area (Å²) in [4.78, 5) is 4.50. The molecule has 0 atom stereocenters. The highest BCUT2D eigenvalue weighted by atomic mass is 32.2. The third-order valence-electron chi connectivity index (χ3n) is 5.07. The molecular weight excluding hydrogens is 440 g/mol. The zero-order chi connectivity index (χ0) is 23.3. The number of rotatable bonds is 9. The summed E-state index contributed by atoms with van der Waals surface area (Å²) in [6.45, 7) is 0.427. The van der Waals surface area contributed by atoms with Gasteiger partial charge in [-0.25, -0.2) is 8.42 Å². The fraction of sp³-hybridized carbons (Fsp3) is 0.160. The van der Waals surface area contributed by atoms with Gasteiger partial charge in [-0.1, -0.05) is 42.5 Å². The second-order valence-electron chi connectivity index (χ2n) is 7.20. The molecule has 170 valence electrons. The molecule has 0 aliphatic heterocycles. The SMILES string of the molecule is COc1ccc(CCNc2oc(-c3ccccc3)nc2S(=O)(=O)c2ccccc2)cc1OC. The van der Waals surface area contributed by atoms with Crippen molar-refractivity contribution in [1.29, 1.82) is 0 Å². The van der Waals surface area contributed by atoms with E-state index in [4.69, 9.17) is 13.9 Å². The first-order chi connectivity index (χ1) is 16.0. The van der Waals surface area contributed by atoms with Crippen LogP contribution in [-0.2, 0) is 16.3 Å². The van der Waals surface area contributed by atoms with E-state index >= 15 is 0 Å². The Bertz CT molecular complexity index is 1320. The minimum Gasteiger partial charge on any atom is -0.493 e. The molecule has 0 aliphatic rings. The molecule has 1 heterocycles. The van der Waals surface area contributed by atoms with Gasteiger partial charge in [0.25, 0.3) is 0 Å². The van der Waals surface area contributed by atoms with E-state index in [1.165, 1.54) is 0 Å². The monoisotopic (exact) mass is 464 g/mol. The molecule has 4 aromatic rings. The van der Waals surface area contributed by atoms with E-state index < -0.39 is 9.84 Å². The van der Waals surface area contributed by atoms with Gasteiger partial charge in [0.1, 0.15) is 0 Å². The van der Waals surface area contributed by atoms with Crippen molar-refractivity contribution in [1.82, 2.24) is 4.98 Å². The van der Waals surface area contributed by atoms with E-state index in [1.807, 2.05) is 48.5 Å². The van der Waals surface area contributed by atoms with Crippen LogP contribution >= 0.6 is 0 Å². The highest BCUT2D eigenvalue weighted by Crippen LogP contribution is 2.32. The third kappa shape index (κ3) is 4.85. The summed E-state index contributed by atoms with van der Waals surface area (Å²) in [6.07, 6.45) is 0.604. The van der Waals surface area contributed by atoms with Crippen LogP contribution < -0.4 is 14.8 Å². The predicted molar refractivity (Wildman–Crippen MR) is 126 cm³/mol. The van der Waals surface area contributed by atoms with Gasteiger partial charge in [-0.15, -0.1) is 0 Å². The Hall–Kier alpha value is -3.78. The van der Waals surface area contributed by atoms with Crippen LogP contribution in [0, 0.1) is 0 Å². The minimum atomic E-state index is -3.88. The number of hydrogen-bond acceptors (Lipinski definition) is 7. The molecule has 0 unspecified atom stereocenters. The highest BCUT2D eigenvalue weighted by molar-refractivity contribution is 7.91. The number of anilines is 1. The molecule has 8 heteroatoms. The number of nitrogens with zero attached hydrogens (tertiary/aromatic N) is 1. The van der Waals surface area contributed by atoms with E-state index in [9.17, 15) is 8.42 Å². The van der Waals surface area contributed by atoms with Gasteiger partial charge in [0.05, 0.1) is 19.1 Å². The van der Waals surface area contributed by atoms with Crippen LogP contribution in [0.5, 0.6) is 11.5 Å². The fourth-order valence-corrected chi connectivity index (χ4v) is 4.67. The normalized spacial score (nSPS) is 11.2. The molecule has 0 bridgehead atoms. The Balaban J connectivity index is 1.62. The molecule has 0 aliphatic carbocycles. The number of oxazole rings is 1. The number of benzene rings is 3. The number of methoxy groups -OCH3 is 2. The van der Waals surface area contributed by atoms with Gasteiger partial charge < -0.3 is 19.2 Å². The van der Waals surface area contributed by atoms with Crippen LogP contribution in [0.15, 0.2) is 93.2 Å². The number of ether oxygens (including phenoxy) is 2. The smallest absolute Gasteiger partial charge is 0.233 e. The average Bonchev–Trinajstić information content (AvgIpc) is 3.30. The first kappa shape index (κ1) is 22.4. The number of nitrogens with one attached hydrogen (secondary N) is 1. The van der Waals surface area contributed by atoms with E-state index in [0.717, 1.165) is 5.56 Å². The van der Waals surface area contributed by atoms with Crippen molar-refractivity contribution in [3.63, 3.8) is 0 Å². The lowest BCUT2D eigenvalue weighted by Gasteiger charge is -2.10. The van der Waals surface area contributed by atoms with Gasteiger partial charge in [0, 0.05) is 12.1 Å². The molecule has 33 heavy (non-hydrogen) atoms. The molecule has 1 N–H and O–H groups in total. The second-order valence-corrected chi connectivity index (χ2v) is 9.07. The molecular formula is C25H24N2O5S. The third-order valence-corrected chi connectivity index (χ3v) is 6.75. The minimum absolute atomic E-state index is 0.109. The number of hydrogen-bond donors (Lipinski definition) is 1. The maximum Gasteiger partial charge on any atom is 0.233 e. The quantitative estimate of drug-likeness (QED) is 0.379. The Morgan fingerprint density at radius 1 is 0.879 bits per heavy atom. The summed E-state index contributed by atoms with van der Waals surface area (Å²) < 4.78 is 43.1. The zero-order valence-corrected chi connectivity index (χ0v) is 19.1. The maximum absolute atomic E-state index is 13.3. The van der Waals surface area contributed by atoms with Crippen LogP contribution in [0.4, 0.5) is 5.88 Å². The Morgan fingerprint density at radius 2 is 1.55 bits per heavy atom. The summed E-state index contributed by atoms with van der Waals surface area (Å²) in [5, 5.41) is 2.97. The van der Waals surface area contributed by atoms with Crippen molar-refractivity contribution < 1.29 is 22.3 Å². The lowest BCUT2D eigenvalue weighted by molar-refractivity contribution is 0.354. The summed E-state index contributed by atoms with van der Waals surface area (Å²) in [6, 6.07) is 23.0. The molecule has 7 nitrogen and oxygen atoms in total. The fourth-order valence-electron chi connectivity index (χ4n) is 3.37. The van der Waals surface area contributed by atoms with Crippen LogP contribution in [0.3, 0.4) is 0 Å². The van der Waals surface area contributed by atoms with Gasteiger partial charge in [-0.3, -0.25) is 0 Å². The van der Waals surface area contributed by atoms with Crippen molar-refractivity contribution in [2.45, 2.75) is 16.3 Å². The second kappa shape index (κ2) is 9.79. The summed E-state index contributed by atoms with van der Waals surface area (Å²) in [7, 11) is -0.707. The molecule has 0 spiro atoms. The van der Waals surface area contributed by atoms with Crippen molar-refractivity contribution >= 4 is 15.7 Å². The van der Waals surface area contributed by atoms with Gasteiger partial charge in [-0.05, 0) is 48.4 Å². The van der Waals surface area contributed by atoms with Crippen molar-refractivity contribution in [2.75, 3.05) is 26.1 Å². The average molecular weight is 465 g/mol. The molecule has 0 saturated heterocycles. The van der Waals surface area contributed by atoms with Gasteiger partial charge >= 0.3 is 0 Å². The predicted octanol–water partition coefficient (Wildman–Crippen LogP) is 4.85. The van der Waals surface area contributed by atoms with Gasteiger partial charge in [0.2, 0.25) is 26.6 Å². The van der Waals surface area contributed by atoms with Crippen LogP contribution in [0.25, 0.3) is 11.5 Å².